The number of nitrogens with zero attached hydrogens (tertiary/aromatic N) is 2. The van der Waals surface area contributed by atoms with Gasteiger partial charge in [0.25, 0.3) is 0 Å². The summed E-state index contributed by atoms with van der Waals surface area (Å²) < 4.78 is 5.08. The molecule has 1 aliphatic rings. The summed E-state index contributed by atoms with van der Waals surface area (Å²) in [6.07, 6.45) is 4.65. The van der Waals surface area contributed by atoms with E-state index in [1.807, 2.05) is 18.3 Å². The maximum atomic E-state index is 5.08. The first kappa shape index (κ1) is 12.8. The Bertz CT molecular complexity index is 594. The SMILES string of the molecule is COCCCNc1nc(C)nc2sc3c(c12)CCC3. The lowest BCUT2D eigenvalue weighted by Crippen LogP contribution is -2.07. The molecule has 1 aliphatic carbocycles. The number of hydrogen-bond donors (Lipinski definition) is 1. The zero-order valence-electron chi connectivity index (χ0n) is 11.5. The second-order valence-electron chi connectivity index (χ2n) is 4.93. The van der Waals surface area contributed by atoms with Crippen LogP contribution in [-0.4, -0.2) is 30.2 Å². The smallest absolute Gasteiger partial charge is 0.138 e. The number of thiophene rings is 1. The van der Waals surface area contributed by atoms with Crippen LogP contribution in [0.25, 0.3) is 10.2 Å². The van der Waals surface area contributed by atoms with Gasteiger partial charge in [-0.1, -0.05) is 0 Å². The highest BCUT2D eigenvalue weighted by Gasteiger charge is 2.21. The van der Waals surface area contributed by atoms with E-state index in [-0.39, 0.29) is 0 Å². The molecule has 2 aromatic rings. The second kappa shape index (κ2) is 5.43. The van der Waals surface area contributed by atoms with Crippen molar-refractivity contribution in [3.63, 3.8) is 0 Å². The van der Waals surface area contributed by atoms with Gasteiger partial charge in [0.05, 0.1) is 5.39 Å². The van der Waals surface area contributed by atoms with Crippen molar-refractivity contribution in [2.45, 2.75) is 32.6 Å². The minimum atomic E-state index is 0.780. The highest BCUT2D eigenvalue weighted by Crippen LogP contribution is 2.39. The first-order valence-electron chi connectivity index (χ1n) is 6.81. The number of anilines is 1. The maximum Gasteiger partial charge on any atom is 0.138 e. The minimum Gasteiger partial charge on any atom is -0.385 e. The van der Waals surface area contributed by atoms with E-state index in [1.165, 1.54) is 35.1 Å². The summed E-state index contributed by atoms with van der Waals surface area (Å²) >= 11 is 1.84. The predicted molar refractivity (Wildman–Crippen MR) is 79.2 cm³/mol. The first-order chi connectivity index (χ1) is 9.29. The van der Waals surface area contributed by atoms with E-state index in [9.17, 15) is 0 Å². The molecule has 19 heavy (non-hydrogen) atoms. The molecule has 0 saturated carbocycles. The molecular formula is C14H19N3OS. The van der Waals surface area contributed by atoms with Gasteiger partial charge in [0.1, 0.15) is 16.5 Å². The highest BCUT2D eigenvalue weighted by atomic mass is 32.1. The van der Waals surface area contributed by atoms with E-state index in [2.05, 4.69) is 15.3 Å². The monoisotopic (exact) mass is 277 g/mol. The van der Waals surface area contributed by atoms with Crippen LogP contribution in [0.15, 0.2) is 0 Å². The number of aryl methyl sites for hydroxylation is 3. The summed E-state index contributed by atoms with van der Waals surface area (Å²) in [4.78, 5) is 11.8. The predicted octanol–water partition coefficient (Wildman–Crippen LogP) is 2.94. The van der Waals surface area contributed by atoms with Gasteiger partial charge in [-0.3, -0.25) is 0 Å². The Morgan fingerprint density at radius 2 is 2.21 bits per heavy atom. The van der Waals surface area contributed by atoms with Crippen LogP contribution in [0.2, 0.25) is 0 Å². The second-order valence-corrected chi connectivity index (χ2v) is 6.01. The average molecular weight is 277 g/mol. The topological polar surface area (TPSA) is 47.0 Å². The van der Waals surface area contributed by atoms with E-state index < -0.39 is 0 Å². The number of hydrogen-bond acceptors (Lipinski definition) is 5. The zero-order valence-corrected chi connectivity index (χ0v) is 12.3. The number of aromatic nitrogens is 2. The van der Waals surface area contributed by atoms with Gasteiger partial charge in [-0.2, -0.15) is 0 Å². The largest absolute Gasteiger partial charge is 0.385 e. The third-order valence-electron chi connectivity index (χ3n) is 3.49. The van der Waals surface area contributed by atoms with Gasteiger partial charge in [-0.25, -0.2) is 9.97 Å². The molecule has 0 fully saturated rings. The summed E-state index contributed by atoms with van der Waals surface area (Å²) in [6.45, 7) is 3.64. The fraction of sp³-hybridized carbons (Fsp3) is 0.571. The molecule has 102 valence electrons. The van der Waals surface area contributed by atoms with Crippen LogP contribution in [0.5, 0.6) is 0 Å². The quantitative estimate of drug-likeness (QED) is 0.854. The number of nitrogens with one attached hydrogen (secondary N) is 1. The average Bonchev–Trinajstić information content (AvgIpc) is 2.93. The Hall–Kier alpha value is -1.20. The lowest BCUT2D eigenvalue weighted by Gasteiger charge is -2.08. The fourth-order valence-corrected chi connectivity index (χ4v) is 3.96. The van der Waals surface area contributed by atoms with Crippen LogP contribution in [0.4, 0.5) is 5.82 Å². The number of ether oxygens (including phenoxy) is 1. The van der Waals surface area contributed by atoms with Crippen LogP contribution in [0.3, 0.4) is 0 Å². The van der Waals surface area contributed by atoms with Crippen LogP contribution in [0.1, 0.15) is 29.1 Å². The van der Waals surface area contributed by atoms with Crippen LogP contribution < -0.4 is 5.32 Å². The van der Waals surface area contributed by atoms with E-state index in [4.69, 9.17) is 4.74 Å². The minimum absolute atomic E-state index is 0.780. The van der Waals surface area contributed by atoms with Crippen molar-refractivity contribution < 1.29 is 4.74 Å². The molecular weight excluding hydrogens is 258 g/mol. The standard InChI is InChI=1S/C14H19N3OS/c1-9-16-13(15-7-4-8-18-2)12-10-5-3-6-11(10)19-14(12)17-9/h3-8H2,1-2H3,(H,15,16,17). The summed E-state index contributed by atoms with van der Waals surface area (Å²) in [5.74, 6) is 1.86. The summed E-state index contributed by atoms with van der Waals surface area (Å²) in [7, 11) is 1.73. The van der Waals surface area contributed by atoms with Gasteiger partial charge in [-0.15, -0.1) is 11.3 Å². The Kier molecular flexibility index (Phi) is 3.66. The van der Waals surface area contributed by atoms with Crippen molar-refractivity contribution in [2.75, 3.05) is 25.6 Å². The van der Waals surface area contributed by atoms with Crippen molar-refractivity contribution in [3.05, 3.63) is 16.3 Å². The lowest BCUT2D eigenvalue weighted by molar-refractivity contribution is 0.198. The molecule has 4 nitrogen and oxygen atoms in total. The van der Waals surface area contributed by atoms with Crippen LogP contribution >= 0.6 is 11.3 Å². The Morgan fingerprint density at radius 3 is 3.05 bits per heavy atom. The van der Waals surface area contributed by atoms with Crippen LogP contribution in [0, 0.1) is 6.92 Å². The van der Waals surface area contributed by atoms with Crippen molar-refractivity contribution >= 4 is 27.4 Å². The normalized spacial score (nSPS) is 14.0. The van der Waals surface area contributed by atoms with Crippen molar-refractivity contribution in [1.82, 2.24) is 9.97 Å². The summed E-state index contributed by atoms with van der Waals surface area (Å²) in [5, 5.41) is 4.72. The highest BCUT2D eigenvalue weighted by molar-refractivity contribution is 7.19. The van der Waals surface area contributed by atoms with Crippen molar-refractivity contribution in [3.8, 4) is 0 Å². The van der Waals surface area contributed by atoms with Gasteiger partial charge in [0, 0.05) is 25.1 Å². The molecule has 0 aliphatic heterocycles. The molecule has 0 atom stereocenters. The molecule has 0 aromatic carbocycles. The molecule has 3 rings (SSSR count). The lowest BCUT2D eigenvalue weighted by atomic mass is 10.2. The van der Waals surface area contributed by atoms with E-state index >= 15 is 0 Å². The van der Waals surface area contributed by atoms with E-state index in [0.29, 0.717) is 0 Å². The fourth-order valence-electron chi connectivity index (χ4n) is 2.65. The number of methoxy groups -OCH3 is 1. The third kappa shape index (κ3) is 2.44. The zero-order chi connectivity index (χ0) is 13.2. The van der Waals surface area contributed by atoms with Crippen molar-refractivity contribution in [2.24, 2.45) is 0 Å². The first-order valence-corrected chi connectivity index (χ1v) is 7.63. The molecule has 2 heterocycles. The molecule has 0 amide bonds. The number of fused-ring (bicyclic) bond motifs is 3. The van der Waals surface area contributed by atoms with Gasteiger partial charge >= 0.3 is 0 Å². The molecule has 2 aromatic heterocycles. The van der Waals surface area contributed by atoms with E-state index in [1.54, 1.807) is 7.11 Å². The van der Waals surface area contributed by atoms with Crippen LogP contribution in [-0.2, 0) is 17.6 Å². The summed E-state index contributed by atoms with van der Waals surface area (Å²) in [5.41, 5.74) is 1.48. The third-order valence-corrected chi connectivity index (χ3v) is 4.68. The molecule has 0 saturated heterocycles. The molecule has 0 unspecified atom stereocenters. The maximum absolute atomic E-state index is 5.08. The molecule has 0 spiro atoms. The number of rotatable bonds is 5. The molecule has 5 heteroatoms. The molecule has 0 bridgehead atoms. The van der Waals surface area contributed by atoms with Gasteiger partial charge in [-0.05, 0) is 38.2 Å². The van der Waals surface area contributed by atoms with E-state index in [0.717, 1.165) is 36.0 Å². The van der Waals surface area contributed by atoms with Crippen molar-refractivity contribution in [1.29, 1.82) is 0 Å². The molecule has 1 N–H and O–H groups in total. The molecule has 0 radical (unpaired) electrons. The Labute approximate surface area is 117 Å². The van der Waals surface area contributed by atoms with Gasteiger partial charge in [0.2, 0.25) is 0 Å². The summed E-state index contributed by atoms with van der Waals surface area (Å²) in [6, 6.07) is 0. The van der Waals surface area contributed by atoms with Gasteiger partial charge < -0.3 is 10.1 Å². The Balaban J connectivity index is 1.93. The van der Waals surface area contributed by atoms with Gasteiger partial charge in [0.15, 0.2) is 0 Å². The Morgan fingerprint density at radius 1 is 1.32 bits per heavy atom.